The Morgan fingerprint density at radius 3 is 3.25 bits per heavy atom. The summed E-state index contributed by atoms with van der Waals surface area (Å²) in [6.45, 7) is 2.88. The van der Waals surface area contributed by atoms with Crippen LogP contribution in [0.15, 0.2) is 18.2 Å². The third kappa shape index (κ3) is 1.34. The molecule has 0 spiro atoms. The lowest BCUT2D eigenvalue weighted by molar-refractivity contribution is 0.226. The second-order valence-electron chi connectivity index (χ2n) is 2.95. The van der Waals surface area contributed by atoms with Gasteiger partial charge in [-0.2, -0.15) is 0 Å². The van der Waals surface area contributed by atoms with E-state index in [1.165, 1.54) is 0 Å². The molecular formula is C9H10ClNO. The molecule has 1 aliphatic heterocycles. The van der Waals surface area contributed by atoms with E-state index in [9.17, 15) is 0 Å². The second kappa shape index (κ2) is 2.87. The van der Waals surface area contributed by atoms with E-state index >= 15 is 0 Å². The zero-order chi connectivity index (χ0) is 8.55. The summed E-state index contributed by atoms with van der Waals surface area (Å²) in [5, 5.41) is 3.97. The number of anilines is 1. The first kappa shape index (κ1) is 7.74. The van der Waals surface area contributed by atoms with Crippen molar-refractivity contribution in [2.75, 3.05) is 11.9 Å². The zero-order valence-corrected chi connectivity index (χ0v) is 7.56. The van der Waals surface area contributed by atoms with Crippen molar-refractivity contribution in [1.29, 1.82) is 0 Å². The van der Waals surface area contributed by atoms with E-state index in [1.54, 1.807) is 0 Å². The lowest BCUT2D eigenvalue weighted by atomic mass is 10.2. The zero-order valence-electron chi connectivity index (χ0n) is 6.80. The molecule has 0 aliphatic carbocycles. The van der Waals surface area contributed by atoms with Crippen molar-refractivity contribution in [1.82, 2.24) is 0 Å². The Bertz CT molecular complexity index is 301. The van der Waals surface area contributed by atoms with E-state index < -0.39 is 0 Å². The number of nitrogens with one attached hydrogen (secondary N) is 1. The lowest BCUT2D eigenvalue weighted by Crippen LogP contribution is -2.27. The van der Waals surface area contributed by atoms with E-state index in [1.807, 2.05) is 25.1 Å². The topological polar surface area (TPSA) is 21.3 Å². The molecule has 0 saturated carbocycles. The number of halogens is 1. The van der Waals surface area contributed by atoms with Crippen molar-refractivity contribution >= 4 is 17.3 Å². The summed E-state index contributed by atoms with van der Waals surface area (Å²) in [7, 11) is 0. The van der Waals surface area contributed by atoms with Gasteiger partial charge < -0.3 is 10.1 Å². The molecule has 0 aromatic heterocycles. The molecule has 0 amide bonds. The summed E-state index contributed by atoms with van der Waals surface area (Å²) in [6, 6.07) is 5.62. The van der Waals surface area contributed by atoms with Gasteiger partial charge in [0.2, 0.25) is 0 Å². The van der Waals surface area contributed by atoms with Gasteiger partial charge in [-0.25, -0.2) is 0 Å². The third-order valence-corrected chi connectivity index (χ3v) is 2.09. The molecule has 1 atom stereocenters. The Hall–Kier alpha value is -0.890. The van der Waals surface area contributed by atoms with E-state index in [2.05, 4.69) is 5.32 Å². The minimum absolute atomic E-state index is 0.218. The molecule has 0 bridgehead atoms. The van der Waals surface area contributed by atoms with Gasteiger partial charge in [0.15, 0.2) is 0 Å². The molecule has 2 rings (SSSR count). The largest absolute Gasteiger partial charge is 0.487 e. The van der Waals surface area contributed by atoms with Crippen molar-refractivity contribution in [3.63, 3.8) is 0 Å². The van der Waals surface area contributed by atoms with Gasteiger partial charge in [-0.15, -0.1) is 0 Å². The minimum Gasteiger partial charge on any atom is -0.487 e. The third-order valence-electron chi connectivity index (χ3n) is 1.85. The summed E-state index contributed by atoms with van der Waals surface area (Å²) >= 11 is 5.82. The van der Waals surface area contributed by atoms with Gasteiger partial charge in [-0.1, -0.05) is 11.6 Å². The van der Waals surface area contributed by atoms with Gasteiger partial charge in [-0.05, 0) is 19.1 Å². The van der Waals surface area contributed by atoms with Crippen LogP contribution in [-0.4, -0.2) is 12.6 Å². The number of rotatable bonds is 0. The fraction of sp³-hybridized carbons (Fsp3) is 0.333. The number of hydrogen-bond acceptors (Lipinski definition) is 2. The maximum absolute atomic E-state index is 5.82. The SMILES string of the molecule is CC1CNc2ccc(Cl)cc2O1. The van der Waals surface area contributed by atoms with Gasteiger partial charge in [0, 0.05) is 11.1 Å². The molecular weight excluding hydrogens is 174 g/mol. The van der Waals surface area contributed by atoms with E-state index in [0.29, 0.717) is 5.02 Å². The van der Waals surface area contributed by atoms with Crippen LogP contribution >= 0.6 is 11.6 Å². The van der Waals surface area contributed by atoms with Crippen molar-refractivity contribution in [2.24, 2.45) is 0 Å². The van der Waals surface area contributed by atoms with Gasteiger partial charge in [0.05, 0.1) is 12.2 Å². The van der Waals surface area contributed by atoms with Crippen molar-refractivity contribution in [3.05, 3.63) is 23.2 Å². The molecule has 1 N–H and O–H groups in total. The van der Waals surface area contributed by atoms with Crippen LogP contribution in [0.5, 0.6) is 5.75 Å². The fourth-order valence-corrected chi connectivity index (χ4v) is 1.41. The predicted molar refractivity (Wildman–Crippen MR) is 50.0 cm³/mol. The average molecular weight is 184 g/mol. The monoisotopic (exact) mass is 183 g/mol. The normalized spacial score (nSPS) is 20.7. The maximum atomic E-state index is 5.82. The molecule has 0 saturated heterocycles. The highest BCUT2D eigenvalue weighted by molar-refractivity contribution is 6.30. The molecule has 1 unspecified atom stereocenters. The summed E-state index contributed by atoms with van der Waals surface area (Å²) in [5.74, 6) is 0.848. The van der Waals surface area contributed by atoms with Crippen molar-refractivity contribution < 1.29 is 4.74 Å². The van der Waals surface area contributed by atoms with Crippen LogP contribution in [-0.2, 0) is 0 Å². The predicted octanol–water partition coefficient (Wildman–Crippen LogP) is 2.53. The Kier molecular flexibility index (Phi) is 1.85. The number of benzene rings is 1. The van der Waals surface area contributed by atoms with Crippen molar-refractivity contribution in [2.45, 2.75) is 13.0 Å². The highest BCUT2D eigenvalue weighted by Crippen LogP contribution is 2.31. The van der Waals surface area contributed by atoms with Crippen LogP contribution in [0.1, 0.15) is 6.92 Å². The van der Waals surface area contributed by atoms with Crippen LogP contribution in [0.3, 0.4) is 0 Å². The van der Waals surface area contributed by atoms with Crippen LogP contribution < -0.4 is 10.1 Å². The summed E-state index contributed by atoms with van der Waals surface area (Å²) < 4.78 is 5.57. The summed E-state index contributed by atoms with van der Waals surface area (Å²) in [5.41, 5.74) is 1.03. The molecule has 1 aromatic carbocycles. The molecule has 1 aromatic rings. The van der Waals surface area contributed by atoms with Crippen LogP contribution in [0, 0.1) is 0 Å². The first-order valence-corrected chi connectivity index (χ1v) is 4.33. The molecule has 1 aliphatic rings. The smallest absolute Gasteiger partial charge is 0.144 e. The molecule has 0 radical (unpaired) electrons. The summed E-state index contributed by atoms with van der Waals surface area (Å²) in [6.07, 6.45) is 0.218. The molecule has 1 heterocycles. The quantitative estimate of drug-likeness (QED) is 0.668. The molecule has 0 fully saturated rings. The first-order valence-electron chi connectivity index (χ1n) is 3.96. The van der Waals surface area contributed by atoms with Gasteiger partial charge in [-0.3, -0.25) is 0 Å². The summed E-state index contributed by atoms with van der Waals surface area (Å²) in [4.78, 5) is 0. The van der Waals surface area contributed by atoms with Crippen LogP contribution in [0.25, 0.3) is 0 Å². The highest BCUT2D eigenvalue weighted by Gasteiger charge is 2.14. The Morgan fingerprint density at radius 2 is 2.42 bits per heavy atom. The Labute approximate surface area is 76.5 Å². The first-order chi connectivity index (χ1) is 5.75. The van der Waals surface area contributed by atoms with E-state index in [-0.39, 0.29) is 6.10 Å². The van der Waals surface area contributed by atoms with E-state index in [0.717, 1.165) is 18.0 Å². The molecule has 2 nitrogen and oxygen atoms in total. The molecule has 3 heteroatoms. The van der Waals surface area contributed by atoms with Crippen molar-refractivity contribution in [3.8, 4) is 5.75 Å². The average Bonchev–Trinajstić information content (AvgIpc) is 2.03. The van der Waals surface area contributed by atoms with E-state index in [4.69, 9.17) is 16.3 Å². The highest BCUT2D eigenvalue weighted by atomic mass is 35.5. The van der Waals surface area contributed by atoms with Crippen LogP contribution in [0.4, 0.5) is 5.69 Å². The van der Waals surface area contributed by atoms with Crippen LogP contribution in [0.2, 0.25) is 5.02 Å². The number of ether oxygens (including phenoxy) is 1. The standard InChI is InChI=1S/C9H10ClNO/c1-6-5-11-8-3-2-7(10)4-9(8)12-6/h2-4,6,11H,5H2,1H3. The lowest BCUT2D eigenvalue weighted by Gasteiger charge is -2.24. The van der Waals surface area contributed by atoms with Gasteiger partial charge in [0.25, 0.3) is 0 Å². The Balaban J connectivity index is 2.37. The number of hydrogen-bond donors (Lipinski definition) is 1. The fourth-order valence-electron chi connectivity index (χ4n) is 1.25. The maximum Gasteiger partial charge on any atom is 0.144 e. The molecule has 64 valence electrons. The Morgan fingerprint density at radius 1 is 1.58 bits per heavy atom. The second-order valence-corrected chi connectivity index (χ2v) is 3.39. The van der Waals surface area contributed by atoms with Gasteiger partial charge in [0.1, 0.15) is 11.9 Å². The van der Waals surface area contributed by atoms with Gasteiger partial charge >= 0.3 is 0 Å². The molecule has 12 heavy (non-hydrogen) atoms. The number of fused-ring (bicyclic) bond motifs is 1. The minimum atomic E-state index is 0.218.